The maximum Gasteiger partial charge on any atom is 0.220 e. The Balaban J connectivity index is 1.59. The number of fused-ring (bicyclic) bond motifs is 1. The first-order chi connectivity index (χ1) is 16.3. The van der Waals surface area contributed by atoms with Crippen LogP contribution in [0.15, 0.2) is 48.5 Å². The first-order valence-electron chi connectivity index (χ1n) is 12.5. The van der Waals surface area contributed by atoms with Gasteiger partial charge in [0.1, 0.15) is 11.5 Å². The highest BCUT2D eigenvalue weighted by molar-refractivity contribution is 5.76. The minimum atomic E-state index is -0.162. The van der Waals surface area contributed by atoms with Crippen LogP contribution >= 0.6 is 0 Å². The zero-order chi connectivity index (χ0) is 23.9. The second-order valence-corrected chi connectivity index (χ2v) is 11.4. The van der Waals surface area contributed by atoms with Crippen LogP contribution in [0.1, 0.15) is 63.3 Å². The molecule has 0 aromatic heterocycles. The monoisotopic (exact) mass is 461 g/mol. The Bertz CT molecular complexity index is 1110. The van der Waals surface area contributed by atoms with Gasteiger partial charge < -0.3 is 19.1 Å². The van der Waals surface area contributed by atoms with Gasteiger partial charge in [-0.1, -0.05) is 38.1 Å². The fraction of sp³-hybridized carbons (Fsp3) is 0.552. The number of methoxy groups -OCH3 is 2. The maximum atomic E-state index is 13.5. The maximum absolute atomic E-state index is 13.5. The standard InChI is InChI=1S/C29H35NO4/c1-18(31)30-24(19-6-10-22(32-4)11-7-19)29-17-21-16-28(29,26(30)27(21,2)3)14-15-34-25(29)20-8-12-23(33-5)13-9-20/h6-13,21,24-26H,14-17H2,1-5H3/t21-,24-,25-,26+,28-,29+/m0/s1. The van der Waals surface area contributed by atoms with Gasteiger partial charge in [-0.2, -0.15) is 0 Å². The van der Waals surface area contributed by atoms with E-state index in [2.05, 4.69) is 43.0 Å². The summed E-state index contributed by atoms with van der Waals surface area (Å²) in [6, 6.07) is 16.9. The van der Waals surface area contributed by atoms with Gasteiger partial charge in [0, 0.05) is 30.4 Å². The van der Waals surface area contributed by atoms with E-state index >= 15 is 0 Å². The molecule has 34 heavy (non-hydrogen) atoms. The molecule has 1 spiro atoms. The Morgan fingerprint density at radius 1 is 0.941 bits per heavy atom. The van der Waals surface area contributed by atoms with Crippen molar-refractivity contribution < 1.29 is 19.0 Å². The molecule has 5 heteroatoms. The van der Waals surface area contributed by atoms with Crippen molar-refractivity contribution in [3.63, 3.8) is 0 Å². The molecule has 0 radical (unpaired) electrons. The van der Waals surface area contributed by atoms with Crippen LogP contribution in [0.25, 0.3) is 0 Å². The van der Waals surface area contributed by atoms with E-state index in [0.29, 0.717) is 5.92 Å². The molecule has 4 fully saturated rings. The molecule has 0 unspecified atom stereocenters. The Hall–Kier alpha value is -2.53. The molecule has 0 N–H and O–H groups in total. The van der Waals surface area contributed by atoms with Crippen LogP contribution in [0, 0.1) is 22.2 Å². The van der Waals surface area contributed by atoms with Crippen molar-refractivity contribution in [3.05, 3.63) is 59.7 Å². The summed E-state index contributed by atoms with van der Waals surface area (Å²) < 4.78 is 17.6. The van der Waals surface area contributed by atoms with Crippen molar-refractivity contribution in [3.8, 4) is 11.5 Å². The van der Waals surface area contributed by atoms with Crippen LogP contribution in [-0.2, 0) is 9.53 Å². The van der Waals surface area contributed by atoms with Crippen LogP contribution in [0.5, 0.6) is 11.5 Å². The number of nitrogens with zero attached hydrogens (tertiary/aromatic N) is 1. The fourth-order valence-corrected chi connectivity index (χ4v) is 8.82. The third kappa shape index (κ3) is 2.51. The molecule has 2 aromatic carbocycles. The normalized spacial score (nSPS) is 36.9. The molecule has 2 bridgehead atoms. The number of likely N-dealkylation sites (tertiary alicyclic amines) is 1. The molecule has 5 nitrogen and oxygen atoms in total. The molecule has 1 amide bonds. The van der Waals surface area contributed by atoms with Crippen molar-refractivity contribution in [2.45, 2.75) is 58.2 Å². The van der Waals surface area contributed by atoms with Gasteiger partial charge in [-0.05, 0) is 66.0 Å². The summed E-state index contributed by atoms with van der Waals surface area (Å²) in [4.78, 5) is 15.7. The van der Waals surface area contributed by atoms with Crippen LogP contribution in [0.3, 0.4) is 0 Å². The van der Waals surface area contributed by atoms with E-state index in [4.69, 9.17) is 14.2 Å². The molecule has 2 saturated heterocycles. The van der Waals surface area contributed by atoms with Gasteiger partial charge >= 0.3 is 0 Å². The second-order valence-electron chi connectivity index (χ2n) is 11.4. The van der Waals surface area contributed by atoms with Crippen molar-refractivity contribution in [1.29, 1.82) is 0 Å². The third-order valence-electron chi connectivity index (χ3n) is 9.96. The smallest absolute Gasteiger partial charge is 0.220 e. The largest absolute Gasteiger partial charge is 0.497 e. The van der Waals surface area contributed by atoms with Crippen molar-refractivity contribution >= 4 is 5.91 Å². The fourth-order valence-electron chi connectivity index (χ4n) is 8.82. The van der Waals surface area contributed by atoms with Crippen LogP contribution in [-0.4, -0.2) is 37.7 Å². The summed E-state index contributed by atoms with van der Waals surface area (Å²) in [6.45, 7) is 7.28. The lowest BCUT2D eigenvalue weighted by Gasteiger charge is -2.55. The summed E-state index contributed by atoms with van der Waals surface area (Å²) in [7, 11) is 3.39. The van der Waals surface area contributed by atoms with Gasteiger partial charge in [0.2, 0.25) is 5.91 Å². The predicted octanol–water partition coefficient (Wildman–Crippen LogP) is 5.56. The average molecular weight is 462 g/mol. The Morgan fingerprint density at radius 2 is 1.53 bits per heavy atom. The quantitative estimate of drug-likeness (QED) is 0.598. The minimum absolute atomic E-state index is 0.0277. The topological polar surface area (TPSA) is 48.0 Å². The predicted molar refractivity (Wildman–Crippen MR) is 130 cm³/mol. The summed E-state index contributed by atoms with van der Waals surface area (Å²) in [5, 5.41) is 0. The number of ether oxygens (including phenoxy) is 3. The van der Waals surface area contributed by atoms with Gasteiger partial charge in [-0.25, -0.2) is 0 Å². The summed E-state index contributed by atoms with van der Waals surface area (Å²) in [5.41, 5.74) is 2.35. The van der Waals surface area contributed by atoms with E-state index in [1.807, 2.05) is 24.3 Å². The van der Waals surface area contributed by atoms with E-state index in [-0.39, 0.29) is 40.3 Å². The van der Waals surface area contributed by atoms with Crippen molar-refractivity contribution in [2.24, 2.45) is 22.2 Å². The van der Waals surface area contributed by atoms with Gasteiger partial charge in [0.05, 0.1) is 26.4 Å². The SMILES string of the molecule is COc1ccc([C@@H]2N(C(C)=O)[C@@H]3C(C)(C)[C@H]4C[C@@]35CCO[C@@H](c3ccc(OC)cc3)[C@@]25C4)cc1. The molecule has 180 valence electrons. The number of carbonyl (C=O) groups excluding carboxylic acids is 1. The molecular weight excluding hydrogens is 426 g/mol. The van der Waals surface area contributed by atoms with E-state index in [0.717, 1.165) is 30.9 Å². The van der Waals surface area contributed by atoms with Gasteiger partial charge in [-0.3, -0.25) is 4.79 Å². The number of hydrogen-bond acceptors (Lipinski definition) is 4. The van der Waals surface area contributed by atoms with Gasteiger partial charge in [-0.15, -0.1) is 0 Å². The van der Waals surface area contributed by atoms with E-state index in [9.17, 15) is 4.79 Å². The van der Waals surface area contributed by atoms with Crippen molar-refractivity contribution in [2.75, 3.05) is 20.8 Å². The molecule has 2 aromatic rings. The Morgan fingerprint density at radius 3 is 2.09 bits per heavy atom. The second kappa shape index (κ2) is 7.24. The van der Waals surface area contributed by atoms with E-state index in [1.165, 1.54) is 17.5 Å². The molecule has 2 aliphatic carbocycles. The Labute approximate surface area is 202 Å². The zero-order valence-electron chi connectivity index (χ0n) is 20.8. The van der Waals surface area contributed by atoms with Crippen molar-refractivity contribution in [1.82, 2.24) is 4.90 Å². The van der Waals surface area contributed by atoms with Gasteiger partial charge in [0.15, 0.2) is 0 Å². The summed E-state index contributed by atoms with van der Waals surface area (Å²) in [6.07, 6.45) is 3.21. The van der Waals surface area contributed by atoms with Gasteiger partial charge in [0.25, 0.3) is 0 Å². The Kier molecular flexibility index (Phi) is 4.68. The minimum Gasteiger partial charge on any atom is -0.497 e. The molecule has 6 atom stereocenters. The van der Waals surface area contributed by atoms with Crippen LogP contribution in [0.4, 0.5) is 0 Å². The van der Waals surface area contributed by atoms with Crippen LogP contribution < -0.4 is 9.47 Å². The molecule has 2 aliphatic heterocycles. The van der Waals surface area contributed by atoms with Crippen LogP contribution in [0.2, 0.25) is 0 Å². The summed E-state index contributed by atoms with van der Waals surface area (Å²) >= 11 is 0. The molecule has 2 saturated carbocycles. The lowest BCUT2D eigenvalue weighted by molar-refractivity contribution is -0.164. The number of carbonyl (C=O) groups is 1. The molecule has 6 rings (SSSR count). The molecule has 4 aliphatic rings. The van der Waals surface area contributed by atoms with E-state index in [1.54, 1.807) is 21.1 Å². The lowest BCUT2D eigenvalue weighted by Crippen LogP contribution is -2.55. The number of hydrogen-bond donors (Lipinski definition) is 0. The average Bonchev–Trinajstić information content (AvgIpc) is 3.38. The highest BCUT2D eigenvalue weighted by Crippen LogP contribution is 2.85. The number of amides is 1. The summed E-state index contributed by atoms with van der Waals surface area (Å²) in [5.74, 6) is 2.43. The third-order valence-corrected chi connectivity index (χ3v) is 9.96. The number of benzene rings is 2. The van der Waals surface area contributed by atoms with E-state index < -0.39 is 0 Å². The highest BCUT2D eigenvalue weighted by Gasteiger charge is 2.83. The lowest BCUT2D eigenvalue weighted by atomic mass is 9.51. The highest BCUT2D eigenvalue weighted by atomic mass is 16.5. The first kappa shape index (κ1) is 22.0. The molecular formula is C29H35NO4. The molecule has 2 heterocycles. The first-order valence-corrected chi connectivity index (χ1v) is 12.5. The number of rotatable bonds is 4. The zero-order valence-corrected chi connectivity index (χ0v) is 20.8.